The molecule has 1 aliphatic heterocycles. The van der Waals surface area contributed by atoms with Gasteiger partial charge in [0.25, 0.3) is 0 Å². The van der Waals surface area contributed by atoms with Crippen LogP contribution in [0.4, 0.5) is 5.69 Å². The number of hydrogen-bond acceptors (Lipinski definition) is 3. The van der Waals surface area contributed by atoms with Gasteiger partial charge in [-0.3, -0.25) is 4.79 Å². The molecule has 0 bridgehead atoms. The Balaban J connectivity index is 1.96. The number of nitrogens with one attached hydrogen (secondary N) is 1. The first-order valence-corrected chi connectivity index (χ1v) is 5.36. The van der Waals surface area contributed by atoms with Crippen LogP contribution in [0.3, 0.4) is 0 Å². The van der Waals surface area contributed by atoms with Crippen molar-refractivity contribution in [3.05, 3.63) is 18.2 Å². The van der Waals surface area contributed by atoms with Crippen molar-refractivity contribution >= 4 is 11.6 Å². The zero-order valence-corrected chi connectivity index (χ0v) is 9.08. The normalized spacial score (nSPS) is 20.4. The van der Waals surface area contributed by atoms with Crippen LogP contribution in [0.25, 0.3) is 0 Å². The maximum Gasteiger partial charge on any atom is 0.234 e. The molecule has 0 atom stereocenters. The van der Waals surface area contributed by atoms with E-state index < -0.39 is 0 Å². The average Bonchev–Trinajstić information content (AvgIpc) is 3.09. The van der Waals surface area contributed by atoms with Gasteiger partial charge in [-0.2, -0.15) is 0 Å². The number of carbonyl (C=O) groups is 1. The van der Waals surface area contributed by atoms with Crippen LogP contribution >= 0.6 is 0 Å². The summed E-state index contributed by atoms with van der Waals surface area (Å²) in [6.07, 6.45) is 1.84. The van der Waals surface area contributed by atoms with Gasteiger partial charge in [-0.25, -0.2) is 0 Å². The van der Waals surface area contributed by atoms with Gasteiger partial charge in [0.2, 0.25) is 5.91 Å². The average molecular weight is 219 g/mol. The molecule has 84 valence electrons. The molecule has 4 nitrogen and oxygen atoms in total. The molecule has 2 aliphatic rings. The number of hydrogen-bond donors (Lipinski definition) is 1. The highest BCUT2D eigenvalue weighted by atomic mass is 16.5. The Hall–Kier alpha value is -1.71. The SMILES string of the molecule is COc1ccc2c(c1)OCC1(CC1)C(=O)N2. The van der Waals surface area contributed by atoms with Crippen molar-refractivity contribution in [3.63, 3.8) is 0 Å². The highest BCUT2D eigenvalue weighted by Crippen LogP contribution is 2.49. The van der Waals surface area contributed by atoms with Crippen molar-refractivity contribution in [1.82, 2.24) is 0 Å². The summed E-state index contributed by atoms with van der Waals surface area (Å²) < 4.78 is 10.8. The second-order valence-electron chi connectivity index (χ2n) is 4.39. The summed E-state index contributed by atoms with van der Waals surface area (Å²) in [7, 11) is 1.61. The van der Waals surface area contributed by atoms with E-state index >= 15 is 0 Å². The van der Waals surface area contributed by atoms with Crippen molar-refractivity contribution in [1.29, 1.82) is 0 Å². The molecule has 1 amide bonds. The predicted molar refractivity (Wildman–Crippen MR) is 58.8 cm³/mol. The first-order valence-electron chi connectivity index (χ1n) is 5.36. The second kappa shape index (κ2) is 3.14. The lowest BCUT2D eigenvalue weighted by molar-refractivity contribution is -0.121. The van der Waals surface area contributed by atoms with Crippen LogP contribution in [0, 0.1) is 5.41 Å². The predicted octanol–water partition coefficient (Wildman–Crippen LogP) is 1.81. The number of amides is 1. The van der Waals surface area contributed by atoms with E-state index in [2.05, 4.69) is 5.32 Å². The summed E-state index contributed by atoms with van der Waals surface area (Å²) >= 11 is 0. The van der Waals surface area contributed by atoms with Gasteiger partial charge in [-0.15, -0.1) is 0 Å². The molecule has 3 rings (SSSR count). The quantitative estimate of drug-likeness (QED) is 0.783. The Labute approximate surface area is 93.5 Å². The third kappa shape index (κ3) is 1.33. The van der Waals surface area contributed by atoms with Gasteiger partial charge in [-0.05, 0) is 25.0 Å². The number of methoxy groups -OCH3 is 1. The molecule has 4 heteroatoms. The second-order valence-corrected chi connectivity index (χ2v) is 4.39. The lowest BCUT2D eigenvalue weighted by Gasteiger charge is -2.08. The summed E-state index contributed by atoms with van der Waals surface area (Å²) in [6, 6.07) is 5.43. The Bertz CT molecular complexity index is 452. The molecule has 1 aromatic carbocycles. The zero-order valence-electron chi connectivity index (χ0n) is 9.08. The van der Waals surface area contributed by atoms with Gasteiger partial charge in [-0.1, -0.05) is 0 Å². The third-order valence-electron chi connectivity index (χ3n) is 3.28. The first-order chi connectivity index (χ1) is 7.73. The van der Waals surface area contributed by atoms with Crippen LogP contribution in [-0.2, 0) is 4.79 Å². The zero-order chi connectivity index (χ0) is 11.2. The van der Waals surface area contributed by atoms with Gasteiger partial charge >= 0.3 is 0 Å². The molecule has 1 aliphatic carbocycles. The maximum absolute atomic E-state index is 11.9. The summed E-state index contributed by atoms with van der Waals surface area (Å²) in [5.74, 6) is 1.51. The van der Waals surface area contributed by atoms with Crippen LogP contribution in [0.2, 0.25) is 0 Å². The molecule has 1 saturated carbocycles. The summed E-state index contributed by atoms with van der Waals surface area (Å²) in [5, 5.41) is 2.91. The Morgan fingerprint density at radius 2 is 2.25 bits per heavy atom. The third-order valence-corrected chi connectivity index (χ3v) is 3.28. The fraction of sp³-hybridized carbons (Fsp3) is 0.417. The van der Waals surface area contributed by atoms with Crippen LogP contribution in [0.1, 0.15) is 12.8 Å². The number of fused-ring (bicyclic) bond motifs is 1. The smallest absolute Gasteiger partial charge is 0.234 e. The van der Waals surface area contributed by atoms with Crippen LogP contribution in [0.15, 0.2) is 18.2 Å². The molecular weight excluding hydrogens is 206 g/mol. The maximum atomic E-state index is 11.9. The van der Waals surface area contributed by atoms with Crippen molar-refractivity contribution < 1.29 is 14.3 Å². The van der Waals surface area contributed by atoms with Gasteiger partial charge in [0.15, 0.2) is 0 Å². The van der Waals surface area contributed by atoms with Gasteiger partial charge in [0.1, 0.15) is 18.1 Å². The minimum absolute atomic E-state index is 0.0800. The lowest BCUT2D eigenvalue weighted by atomic mass is 10.1. The molecule has 16 heavy (non-hydrogen) atoms. The highest BCUT2D eigenvalue weighted by molar-refractivity contribution is 5.99. The topological polar surface area (TPSA) is 47.6 Å². The molecule has 1 N–H and O–H groups in total. The van der Waals surface area contributed by atoms with Gasteiger partial charge < -0.3 is 14.8 Å². The minimum Gasteiger partial charge on any atom is -0.497 e. The van der Waals surface area contributed by atoms with Crippen LogP contribution in [-0.4, -0.2) is 19.6 Å². The summed E-state index contributed by atoms with van der Waals surface area (Å²) in [5.41, 5.74) is 0.460. The van der Waals surface area contributed by atoms with E-state index in [1.54, 1.807) is 13.2 Å². The fourth-order valence-corrected chi connectivity index (χ4v) is 1.91. The number of carbonyl (C=O) groups excluding carboxylic acids is 1. The molecule has 0 saturated heterocycles. The Morgan fingerprint density at radius 1 is 1.44 bits per heavy atom. The molecule has 1 spiro atoms. The first kappa shape index (κ1) is 9.51. The number of anilines is 1. The van der Waals surface area contributed by atoms with E-state index in [0.717, 1.165) is 24.3 Å². The fourth-order valence-electron chi connectivity index (χ4n) is 1.91. The van der Waals surface area contributed by atoms with Crippen LogP contribution < -0.4 is 14.8 Å². The highest BCUT2D eigenvalue weighted by Gasteiger charge is 2.52. The van der Waals surface area contributed by atoms with Crippen molar-refractivity contribution in [3.8, 4) is 11.5 Å². The Morgan fingerprint density at radius 3 is 2.94 bits per heavy atom. The molecule has 1 aromatic rings. The van der Waals surface area contributed by atoms with Crippen molar-refractivity contribution in [2.24, 2.45) is 5.41 Å². The van der Waals surface area contributed by atoms with Crippen LogP contribution in [0.5, 0.6) is 11.5 Å². The molecule has 0 unspecified atom stereocenters. The van der Waals surface area contributed by atoms with Crippen molar-refractivity contribution in [2.45, 2.75) is 12.8 Å². The van der Waals surface area contributed by atoms with Gasteiger partial charge in [0.05, 0.1) is 18.2 Å². The lowest BCUT2D eigenvalue weighted by Crippen LogP contribution is -2.26. The van der Waals surface area contributed by atoms with E-state index in [-0.39, 0.29) is 11.3 Å². The van der Waals surface area contributed by atoms with E-state index in [4.69, 9.17) is 9.47 Å². The van der Waals surface area contributed by atoms with Gasteiger partial charge in [0, 0.05) is 6.07 Å². The monoisotopic (exact) mass is 219 g/mol. The molecule has 1 heterocycles. The van der Waals surface area contributed by atoms with Crippen molar-refractivity contribution in [2.75, 3.05) is 19.0 Å². The number of benzene rings is 1. The number of ether oxygens (including phenoxy) is 2. The van der Waals surface area contributed by atoms with E-state index in [9.17, 15) is 4.79 Å². The molecule has 0 aromatic heterocycles. The molecule has 0 radical (unpaired) electrons. The standard InChI is InChI=1S/C12H13NO3/c1-15-8-2-3-9-10(6-8)16-7-12(4-5-12)11(14)13-9/h2-3,6H,4-5,7H2,1H3,(H,13,14). The van der Waals surface area contributed by atoms with E-state index in [1.165, 1.54) is 0 Å². The largest absolute Gasteiger partial charge is 0.497 e. The summed E-state index contributed by atoms with van der Waals surface area (Å²) in [6.45, 7) is 0.471. The number of rotatable bonds is 1. The Kier molecular flexibility index (Phi) is 1.87. The molecular formula is C12H13NO3. The minimum atomic E-state index is -0.272. The molecule has 1 fully saturated rings. The van der Waals surface area contributed by atoms with E-state index in [0.29, 0.717) is 12.4 Å². The van der Waals surface area contributed by atoms with E-state index in [1.807, 2.05) is 12.1 Å². The summed E-state index contributed by atoms with van der Waals surface area (Å²) in [4.78, 5) is 11.9.